The van der Waals surface area contributed by atoms with Crippen LogP contribution in [0.25, 0.3) is 11.0 Å². The van der Waals surface area contributed by atoms with Gasteiger partial charge in [0.25, 0.3) is 0 Å². The van der Waals surface area contributed by atoms with E-state index in [1.807, 2.05) is 6.92 Å². The van der Waals surface area contributed by atoms with E-state index in [1.165, 1.54) is 0 Å². The summed E-state index contributed by atoms with van der Waals surface area (Å²) in [6.07, 6.45) is 0. The number of hydrogen-bond acceptors (Lipinski definition) is 5. The number of halogens is 2. The Hall–Kier alpha value is -2.03. The number of aryl methyl sites for hydroxylation is 1. The number of benzene rings is 1. The standard InChI is InChI=1S/C18H19ClFN3O3S/c1-4-23-11-6-5-10(14(20)15(11)21-22-23)13(18(2,3)17(25)26)12-7-9(8-24)16(19)27-12/h5-7,13,24H,4,8H2,1-3H3,(H,25,26)/t13-/m0/s1. The van der Waals surface area contributed by atoms with Gasteiger partial charge < -0.3 is 10.2 Å². The molecule has 0 amide bonds. The Morgan fingerprint density at radius 1 is 1.44 bits per heavy atom. The monoisotopic (exact) mass is 411 g/mol. The van der Waals surface area contributed by atoms with Gasteiger partial charge in [-0.1, -0.05) is 22.9 Å². The number of aliphatic hydroxyl groups is 1. The summed E-state index contributed by atoms with van der Waals surface area (Å²) in [5, 5.41) is 27.1. The van der Waals surface area contributed by atoms with Crippen molar-refractivity contribution >= 4 is 39.9 Å². The van der Waals surface area contributed by atoms with E-state index in [0.29, 0.717) is 26.8 Å². The van der Waals surface area contributed by atoms with E-state index in [1.54, 1.807) is 36.7 Å². The van der Waals surface area contributed by atoms with Crippen molar-refractivity contribution in [1.82, 2.24) is 15.0 Å². The van der Waals surface area contributed by atoms with Gasteiger partial charge in [0.05, 0.1) is 21.9 Å². The first kappa shape index (κ1) is 19.7. The van der Waals surface area contributed by atoms with E-state index in [-0.39, 0.29) is 17.7 Å². The molecule has 0 saturated heterocycles. The van der Waals surface area contributed by atoms with Crippen LogP contribution in [0.1, 0.15) is 42.7 Å². The van der Waals surface area contributed by atoms with E-state index in [0.717, 1.165) is 11.3 Å². The first-order chi connectivity index (χ1) is 12.7. The van der Waals surface area contributed by atoms with Crippen molar-refractivity contribution in [3.8, 4) is 0 Å². The molecule has 2 heterocycles. The van der Waals surface area contributed by atoms with Crippen LogP contribution in [0.3, 0.4) is 0 Å². The quantitative estimate of drug-likeness (QED) is 0.639. The number of fused-ring (bicyclic) bond motifs is 1. The number of rotatable bonds is 6. The van der Waals surface area contributed by atoms with Gasteiger partial charge in [-0.25, -0.2) is 9.07 Å². The normalized spacial score (nSPS) is 13.3. The molecular weight excluding hydrogens is 393 g/mol. The van der Waals surface area contributed by atoms with Gasteiger partial charge >= 0.3 is 5.97 Å². The fraction of sp³-hybridized carbons (Fsp3) is 0.389. The molecular formula is C18H19ClFN3O3S. The molecule has 2 N–H and O–H groups in total. The number of carboxylic acid groups (broad SMARTS) is 1. The highest BCUT2D eigenvalue weighted by molar-refractivity contribution is 7.16. The van der Waals surface area contributed by atoms with Gasteiger partial charge in [0, 0.05) is 22.9 Å². The molecule has 0 saturated carbocycles. The zero-order valence-electron chi connectivity index (χ0n) is 15.0. The lowest BCUT2D eigenvalue weighted by Crippen LogP contribution is -2.32. The topological polar surface area (TPSA) is 88.2 Å². The van der Waals surface area contributed by atoms with E-state index in [9.17, 15) is 15.0 Å². The molecule has 27 heavy (non-hydrogen) atoms. The molecule has 9 heteroatoms. The van der Waals surface area contributed by atoms with Crippen LogP contribution in [0.15, 0.2) is 18.2 Å². The van der Waals surface area contributed by atoms with Crippen LogP contribution in [0.2, 0.25) is 4.34 Å². The summed E-state index contributed by atoms with van der Waals surface area (Å²) in [6.45, 7) is 5.22. The Labute approximate surface area is 164 Å². The van der Waals surface area contributed by atoms with E-state index >= 15 is 4.39 Å². The molecule has 0 aliphatic heterocycles. The van der Waals surface area contributed by atoms with Gasteiger partial charge in [-0.05, 0) is 38.5 Å². The summed E-state index contributed by atoms with van der Waals surface area (Å²) in [6, 6.07) is 4.91. The second kappa shape index (κ2) is 7.18. The van der Waals surface area contributed by atoms with Crippen LogP contribution < -0.4 is 0 Å². The van der Waals surface area contributed by atoms with Gasteiger partial charge in [-0.3, -0.25) is 4.79 Å². The molecule has 1 atom stereocenters. The molecule has 0 radical (unpaired) electrons. The third-order valence-electron chi connectivity index (χ3n) is 4.77. The molecule has 6 nitrogen and oxygen atoms in total. The van der Waals surface area contributed by atoms with Crippen LogP contribution in [0, 0.1) is 11.2 Å². The van der Waals surface area contributed by atoms with Crippen molar-refractivity contribution in [3.63, 3.8) is 0 Å². The average Bonchev–Trinajstić information content (AvgIpc) is 3.20. The average molecular weight is 412 g/mol. The predicted molar refractivity (Wildman–Crippen MR) is 102 cm³/mol. The van der Waals surface area contributed by atoms with Crippen molar-refractivity contribution in [2.45, 2.75) is 39.8 Å². The first-order valence-corrected chi connectivity index (χ1v) is 9.55. The Morgan fingerprint density at radius 3 is 2.70 bits per heavy atom. The molecule has 0 fully saturated rings. The summed E-state index contributed by atoms with van der Waals surface area (Å²) in [4.78, 5) is 12.5. The zero-order chi connectivity index (χ0) is 19.9. The Morgan fingerprint density at radius 2 is 2.15 bits per heavy atom. The van der Waals surface area contributed by atoms with Crippen molar-refractivity contribution in [1.29, 1.82) is 0 Å². The number of aliphatic hydroxyl groups excluding tert-OH is 1. The number of thiophene rings is 1. The maximum Gasteiger partial charge on any atom is 0.310 e. The SMILES string of the molecule is CCn1nnc2c(F)c([C@@H](c3cc(CO)c(Cl)s3)C(C)(C)C(=O)O)ccc21. The Balaban J connectivity index is 2.26. The minimum Gasteiger partial charge on any atom is -0.481 e. The first-order valence-electron chi connectivity index (χ1n) is 8.36. The molecule has 0 aliphatic carbocycles. The van der Waals surface area contributed by atoms with Crippen LogP contribution >= 0.6 is 22.9 Å². The highest BCUT2D eigenvalue weighted by Crippen LogP contribution is 2.47. The van der Waals surface area contributed by atoms with Crippen molar-refractivity contribution in [2.24, 2.45) is 5.41 Å². The number of nitrogens with zero attached hydrogens (tertiary/aromatic N) is 3. The zero-order valence-corrected chi connectivity index (χ0v) is 16.6. The van der Waals surface area contributed by atoms with Gasteiger partial charge in [0.1, 0.15) is 5.52 Å². The van der Waals surface area contributed by atoms with Crippen LogP contribution in [0.5, 0.6) is 0 Å². The molecule has 0 bridgehead atoms. The molecule has 0 unspecified atom stereocenters. The lowest BCUT2D eigenvalue weighted by Gasteiger charge is -2.30. The highest BCUT2D eigenvalue weighted by atomic mass is 35.5. The maximum atomic E-state index is 15.4. The summed E-state index contributed by atoms with van der Waals surface area (Å²) in [7, 11) is 0. The van der Waals surface area contributed by atoms with E-state index < -0.39 is 23.1 Å². The van der Waals surface area contributed by atoms with E-state index in [2.05, 4.69) is 10.3 Å². The van der Waals surface area contributed by atoms with Gasteiger partial charge in [-0.15, -0.1) is 16.4 Å². The fourth-order valence-electron chi connectivity index (χ4n) is 3.17. The summed E-state index contributed by atoms with van der Waals surface area (Å²) in [5.74, 6) is -2.48. The van der Waals surface area contributed by atoms with Gasteiger partial charge in [-0.2, -0.15) is 0 Å². The summed E-state index contributed by atoms with van der Waals surface area (Å²) >= 11 is 7.30. The molecule has 144 valence electrons. The van der Waals surface area contributed by atoms with Gasteiger partial charge in [0.15, 0.2) is 5.82 Å². The third kappa shape index (κ3) is 3.22. The van der Waals surface area contributed by atoms with Crippen LogP contribution in [-0.4, -0.2) is 31.2 Å². The lowest BCUT2D eigenvalue weighted by molar-refractivity contribution is -0.147. The third-order valence-corrected chi connectivity index (χ3v) is 6.28. The smallest absolute Gasteiger partial charge is 0.310 e. The van der Waals surface area contributed by atoms with Crippen LogP contribution in [0.4, 0.5) is 4.39 Å². The number of hydrogen-bond donors (Lipinski definition) is 2. The molecule has 3 aromatic rings. The van der Waals surface area contributed by atoms with Gasteiger partial charge in [0.2, 0.25) is 0 Å². The number of carboxylic acids is 1. The summed E-state index contributed by atoms with van der Waals surface area (Å²) in [5.41, 5.74) is 0.0223. The largest absolute Gasteiger partial charge is 0.481 e. The molecule has 0 spiro atoms. The van der Waals surface area contributed by atoms with Crippen LogP contribution in [-0.2, 0) is 17.9 Å². The van der Waals surface area contributed by atoms with Crippen molar-refractivity contribution in [2.75, 3.05) is 0 Å². The molecule has 0 aliphatic rings. The van der Waals surface area contributed by atoms with E-state index in [4.69, 9.17) is 11.6 Å². The Bertz CT molecular complexity index is 1010. The number of carbonyl (C=O) groups is 1. The summed E-state index contributed by atoms with van der Waals surface area (Å²) < 4.78 is 17.3. The second-order valence-corrected chi connectivity index (χ2v) is 8.49. The maximum absolute atomic E-state index is 15.4. The highest BCUT2D eigenvalue weighted by Gasteiger charge is 2.42. The minimum absolute atomic E-state index is 0.102. The molecule has 3 rings (SSSR count). The molecule has 1 aromatic carbocycles. The van der Waals surface area contributed by atoms with Crippen molar-refractivity contribution < 1.29 is 19.4 Å². The van der Waals surface area contributed by atoms with Crippen molar-refractivity contribution in [3.05, 3.63) is 44.4 Å². The molecule has 2 aromatic heterocycles. The fourth-order valence-corrected chi connectivity index (χ4v) is 4.76. The Kier molecular flexibility index (Phi) is 5.24. The second-order valence-electron chi connectivity index (χ2n) is 6.81. The predicted octanol–water partition coefficient (Wildman–Crippen LogP) is 4.04. The minimum atomic E-state index is -1.32. The number of aromatic nitrogens is 3. The lowest BCUT2D eigenvalue weighted by atomic mass is 9.73. The number of aliphatic carboxylic acids is 1.